The van der Waals surface area contributed by atoms with Crippen molar-refractivity contribution < 1.29 is 14.2 Å². The molecule has 0 spiro atoms. The molecule has 0 saturated heterocycles. The molecule has 0 amide bonds. The van der Waals surface area contributed by atoms with Crippen LogP contribution in [0.1, 0.15) is 6.42 Å². The van der Waals surface area contributed by atoms with Crippen LogP contribution in [-0.4, -0.2) is 46.5 Å². The highest BCUT2D eigenvalue weighted by atomic mass is 16.5. The van der Waals surface area contributed by atoms with E-state index in [0.29, 0.717) is 32.3 Å². The molecule has 0 bridgehead atoms. The molecule has 3 N–H and O–H groups in total. The van der Waals surface area contributed by atoms with Crippen LogP contribution in [0.15, 0.2) is 29.3 Å². The van der Waals surface area contributed by atoms with Crippen LogP contribution in [-0.2, 0) is 9.47 Å². The maximum atomic E-state index is 5.80. The molecular formula is C14H23N3O3. The van der Waals surface area contributed by atoms with E-state index in [9.17, 15) is 0 Å². The van der Waals surface area contributed by atoms with E-state index < -0.39 is 0 Å². The number of nitrogens with zero attached hydrogens (tertiary/aromatic N) is 1. The summed E-state index contributed by atoms with van der Waals surface area (Å²) >= 11 is 0. The number of aliphatic imine (C=N–C) groups is 1. The van der Waals surface area contributed by atoms with Crippen molar-refractivity contribution in [1.29, 1.82) is 0 Å². The van der Waals surface area contributed by atoms with E-state index in [1.165, 1.54) is 0 Å². The lowest BCUT2D eigenvalue weighted by atomic mass is 10.3. The Balaban J connectivity index is 2.23. The van der Waals surface area contributed by atoms with Gasteiger partial charge >= 0.3 is 0 Å². The zero-order valence-corrected chi connectivity index (χ0v) is 12.1. The van der Waals surface area contributed by atoms with E-state index in [-0.39, 0.29) is 0 Å². The molecule has 0 aliphatic carbocycles. The molecule has 6 nitrogen and oxygen atoms in total. The van der Waals surface area contributed by atoms with E-state index in [0.717, 1.165) is 17.9 Å². The van der Waals surface area contributed by atoms with Crippen molar-refractivity contribution in [2.75, 3.05) is 45.9 Å². The van der Waals surface area contributed by atoms with Gasteiger partial charge in [0.05, 0.1) is 20.3 Å². The smallest absolute Gasteiger partial charge is 0.193 e. The third-order valence-corrected chi connectivity index (χ3v) is 2.50. The second-order valence-electron chi connectivity index (χ2n) is 4.08. The number of hydrogen-bond acceptors (Lipinski definition) is 4. The number of rotatable bonds is 9. The van der Waals surface area contributed by atoms with Crippen molar-refractivity contribution >= 4 is 11.6 Å². The Morgan fingerprint density at radius 1 is 1.25 bits per heavy atom. The van der Waals surface area contributed by atoms with Crippen molar-refractivity contribution in [3.63, 3.8) is 0 Å². The van der Waals surface area contributed by atoms with Gasteiger partial charge in [0.15, 0.2) is 5.96 Å². The fourth-order valence-corrected chi connectivity index (χ4v) is 1.50. The van der Waals surface area contributed by atoms with Gasteiger partial charge in [-0.1, -0.05) is 6.07 Å². The maximum Gasteiger partial charge on any atom is 0.193 e. The van der Waals surface area contributed by atoms with Crippen LogP contribution in [0.3, 0.4) is 0 Å². The van der Waals surface area contributed by atoms with E-state index in [1.807, 2.05) is 24.3 Å². The van der Waals surface area contributed by atoms with Crippen LogP contribution in [0.4, 0.5) is 5.69 Å². The van der Waals surface area contributed by atoms with Gasteiger partial charge in [-0.05, 0) is 18.6 Å². The molecule has 6 heteroatoms. The number of ether oxygens (including phenoxy) is 3. The highest BCUT2D eigenvalue weighted by molar-refractivity contribution is 5.92. The van der Waals surface area contributed by atoms with Gasteiger partial charge in [0.25, 0.3) is 0 Å². The molecule has 0 saturated carbocycles. The molecule has 0 atom stereocenters. The first kappa shape index (κ1) is 16.3. The summed E-state index contributed by atoms with van der Waals surface area (Å²) in [5.74, 6) is 1.16. The summed E-state index contributed by atoms with van der Waals surface area (Å²) in [6.07, 6.45) is 0.824. The van der Waals surface area contributed by atoms with E-state index in [4.69, 9.17) is 19.9 Å². The van der Waals surface area contributed by atoms with Crippen LogP contribution < -0.4 is 15.8 Å². The first-order valence-corrected chi connectivity index (χ1v) is 6.54. The van der Waals surface area contributed by atoms with Gasteiger partial charge in [-0.25, -0.2) is 0 Å². The molecular weight excluding hydrogens is 258 g/mol. The number of anilines is 1. The third kappa shape index (κ3) is 6.96. The maximum absolute atomic E-state index is 5.80. The molecule has 0 fully saturated rings. The minimum absolute atomic E-state index is 0.384. The first-order valence-electron chi connectivity index (χ1n) is 6.54. The van der Waals surface area contributed by atoms with Gasteiger partial charge in [-0.15, -0.1) is 0 Å². The van der Waals surface area contributed by atoms with Crippen molar-refractivity contribution in [2.24, 2.45) is 10.7 Å². The average Bonchev–Trinajstić information content (AvgIpc) is 2.46. The summed E-state index contributed by atoms with van der Waals surface area (Å²) in [7, 11) is 3.28. The fraction of sp³-hybridized carbons (Fsp3) is 0.500. The van der Waals surface area contributed by atoms with Gasteiger partial charge in [0.1, 0.15) is 5.75 Å². The summed E-state index contributed by atoms with van der Waals surface area (Å²) < 4.78 is 15.3. The number of benzene rings is 1. The minimum atomic E-state index is 0.384. The number of nitrogens with two attached hydrogens (primary N) is 1. The first-order chi connectivity index (χ1) is 9.76. The quantitative estimate of drug-likeness (QED) is 0.407. The Bertz CT molecular complexity index is 410. The Morgan fingerprint density at radius 3 is 2.85 bits per heavy atom. The fourth-order valence-electron chi connectivity index (χ4n) is 1.50. The predicted octanol–water partition coefficient (Wildman–Crippen LogP) is 1.47. The van der Waals surface area contributed by atoms with Crippen molar-refractivity contribution in [3.8, 4) is 5.75 Å². The largest absolute Gasteiger partial charge is 0.497 e. The summed E-state index contributed by atoms with van der Waals surface area (Å²) in [6.45, 7) is 2.50. The molecule has 0 unspecified atom stereocenters. The molecule has 0 heterocycles. The van der Waals surface area contributed by atoms with Crippen molar-refractivity contribution in [3.05, 3.63) is 24.3 Å². The van der Waals surface area contributed by atoms with Gasteiger partial charge in [-0.2, -0.15) is 0 Å². The molecule has 0 aliphatic rings. The van der Waals surface area contributed by atoms with Gasteiger partial charge in [-0.3, -0.25) is 4.99 Å². The molecule has 0 aromatic heterocycles. The lowest BCUT2D eigenvalue weighted by molar-refractivity contribution is 0.0702. The van der Waals surface area contributed by atoms with Crippen LogP contribution in [0, 0.1) is 0 Å². The minimum Gasteiger partial charge on any atom is -0.497 e. The van der Waals surface area contributed by atoms with E-state index >= 15 is 0 Å². The lowest BCUT2D eigenvalue weighted by Crippen LogP contribution is -2.23. The molecule has 20 heavy (non-hydrogen) atoms. The second kappa shape index (κ2) is 10.1. The Labute approximate surface area is 119 Å². The Hall–Kier alpha value is -1.79. The number of guanidine groups is 1. The van der Waals surface area contributed by atoms with Gasteiger partial charge in [0, 0.05) is 32.0 Å². The van der Waals surface area contributed by atoms with E-state index in [1.54, 1.807) is 14.2 Å². The standard InChI is InChI=1S/C14H23N3O3/c1-18-9-10-20-8-4-7-16-14(15)17-12-5-3-6-13(11-12)19-2/h3,5-6,11H,4,7-10H2,1-2H3,(H3,15,16,17). The zero-order chi connectivity index (χ0) is 14.6. The van der Waals surface area contributed by atoms with Crippen LogP contribution in [0.25, 0.3) is 0 Å². The number of methoxy groups -OCH3 is 2. The average molecular weight is 281 g/mol. The van der Waals surface area contributed by atoms with Crippen LogP contribution in [0.2, 0.25) is 0 Å². The summed E-state index contributed by atoms with van der Waals surface area (Å²) in [4.78, 5) is 4.22. The van der Waals surface area contributed by atoms with E-state index in [2.05, 4.69) is 10.3 Å². The van der Waals surface area contributed by atoms with Crippen LogP contribution in [0.5, 0.6) is 5.75 Å². The molecule has 1 aromatic rings. The predicted molar refractivity (Wildman–Crippen MR) is 80.4 cm³/mol. The Morgan fingerprint density at radius 2 is 2.10 bits per heavy atom. The monoisotopic (exact) mass is 281 g/mol. The van der Waals surface area contributed by atoms with Crippen molar-refractivity contribution in [1.82, 2.24) is 0 Å². The van der Waals surface area contributed by atoms with Crippen LogP contribution >= 0.6 is 0 Å². The zero-order valence-electron chi connectivity index (χ0n) is 12.1. The molecule has 1 rings (SSSR count). The Kier molecular flexibility index (Phi) is 8.17. The SMILES string of the molecule is COCCOCCCN=C(N)Nc1cccc(OC)c1. The molecule has 0 radical (unpaired) electrons. The molecule has 0 aliphatic heterocycles. The second-order valence-corrected chi connectivity index (χ2v) is 4.08. The molecule has 1 aromatic carbocycles. The normalized spacial score (nSPS) is 11.4. The van der Waals surface area contributed by atoms with Gasteiger partial charge in [0.2, 0.25) is 0 Å². The van der Waals surface area contributed by atoms with Gasteiger partial charge < -0.3 is 25.3 Å². The lowest BCUT2D eigenvalue weighted by Gasteiger charge is -2.07. The highest BCUT2D eigenvalue weighted by Crippen LogP contribution is 2.16. The highest BCUT2D eigenvalue weighted by Gasteiger charge is 1.97. The molecule has 112 valence electrons. The number of hydrogen-bond donors (Lipinski definition) is 2. The summed E-state index contributed by atoms with van der Waals surface area (Å²) in [6, 6.07) is 7.52. The summed E-state index contributed by atoms with van der Waals surface area (Å²) in [5, 5.41) is 3.01. The number of nitrogens with one attached hydrogen (secondary N) is 1. The topological polar surface area (TPSA) is 78.1 Å². The van der Waals surface area contributed by atoms with Crippen molar-refractivity contribution in [2.45, 2.75) is 6.42 Å². The third-order valence-electron chi connectivity index (χ3n) is 2.50. The summed E-state index contributed by atoms with van der Waals surface area (Å²) in [5.41, 5.74) is 6.65.